The number of hydrogen-bond acceptors (Lipinski definition) is 9. The van der Waals surface area contributed by atoms with E-state index in [9.17, 15) is 4.79 Å². The van der Waals surface area contributed by atoms with Gasteiger partial charge in [0.1, 0.15) is 9.71 Å². The second kappa shape index (κ2) is 9.16. The van der Waals surface area contributed by atoms with Gasteiger partial charge in [0, 0.05) is 16.2 Å². The Hall–Kier alpha value is -2.50. The van der Waals surface area contributed by atoms with E-state index in [1.54, 1.807) is 23.1 Å². The van der Waals surface area contributed by atoms with E-state index in [-0.39, 0.29) is 5.91 Å². The molecule has 0 unspecified atom stereocenters. The Morgan fingerprint density at radius 3 is 2.72 bits per heavy atom. The molecule has 11 heteroatoms. The molecule has 0 radical (unpaired) electrons. The Morgan fingerprint density at radius 1 is 1.09 bits per heavy atom. The molecule has 3 N–H and O–H groups in total. The fourth-order valence-electron chi connectivity index (χ4n) is 2.93. The number of nitrogens with zero attached hydrogens (tertiary/aromatic N) is 3. The number of amides is 1. The number of nitrogens with two attached hydrogens (primary N) is 1. The monoisotopic (exact) mass is 515 g/mol. The van der Waals surface area contributed by atoms with Crippen molar-refractivity contribution < 1.29 is 4.79 Å². The Morgan fingerprint density at radius 2 is 1.94 bits per heavy atom. The topological polar surface area (TPSA) is 93.8 Å². The third kappa shape index (κ3) is 4.50. The van der Waals surface area contributed by atoms with Crippen molar-refractivity contribution in [3.63, 3.8) is 0 Å². The number of benzene rings is 1. The number of fused-ring (bicyclic) bond motifs is 1. The number of anilines is 2. The van der Waals surface area contributed by atoms with Gasteiger partial charge in [-0.1, -0.05) is 52.9 Å². The molecule has 1 amide bonds. The fourth-order valence-corrected chi connectivity index (χ4v) is 6.44. The van der Waals surface area contributed by atoms with Gasteiger partial charge < -0.3 is 5.73 Å². The molecule has 0 saturated heterocycles. The molecule has 32 heavy (non-hydrogen) atoms. The predicted molar refractivity (Wildman–Crippen MR) is 136 cm³/mol. The van der Waals surface area contributed by atoms with Gasteiger partial charge in [0.05, 0.1) is 16.3 Å². The Labute approximate surface area is 204 Å². The van der Waals surface area contributed by atoms with Crippen molar-refractivity contribution in [2.45, 2.75) is 10.1 Å². The van der Waals surface area contributed by atoms with Crippen LogP contribution in [0.25, 0.3) is 20.8 Å². The van der Waals surface area contributed by atoms with Gasteiger partial charge in [-0.05, 0) is 41.3 Å². The van der Waals surface area contributed by atoms with Gasteiger partial charge in [-0.2, -0.15) is 0 Å². The standard InChI is InChI=1S/C21H14ClN5OS4/c22-12-5-3-11(4-6-12)10-30-21-27-26-20(32-21)25-18(28)17-16(23)13-7-8-14(24-19(13)31-17)15-2-1-9-29-15/h1-9H,10,23H2,(H,25,26,28). The third-order valence-corrected chi connectivity index (χ3v) is 8.78. The molecule has 4 heterocycles. The van der Waals surface area contributed by atoms with Crippen molar-refractivity contribution in [1.82, 2.24) is 15.2 Å². The molecule has 0 bridgehead atoms. The average Bonchev–Trinajstić information content (AvgIpc) is 3.54. The lowest BCUT2D eigenvalue weighted by Crippen LogP contribution is -2.11. The number of carbonyl (C=O) groups is 1. The summed E-state index contributed by atoms with van der Waals surface area (Å²) in [6.07, 6.45) is 0. The van der Waals surface area contributed by atoms with Crippen LogP contribution >= 0.6 is 57.4 Å². The van der Waals surface area contributed by atoms with Crippen molar-refractivity contribution in [3.05, 3.63) is 69.4 Å². The summed E-state index contributed by atoms with van der Waals surface area (Å²) in [6, 6.07) is 15.5. The van der Waals surface area contributed by atoms with Crippen LogP contribution < -0.4 is 11.1 Å². The fraction of sp³-hybridized carbons (Fsp3) is 0.0476. The summed E-state index contributed by atoms with van der Waals surface area (Å²) >= 11 is 11.7. The van der Waals surface area contributed by atoms with Gasteiger partial charge in [-0.15, -0.1) is 32.9 Å². The average molecular weight is 516 g/mol. The van der Waals surface area contributed by atoms with E-state index in [2.05, 4.69) is 20.5 Å². The number of pyridine rings is 1. The van der Waals surface area contributed by atoms with E-state index in [0.717, 1.165) is 36.4 Å². The lowest BCUT2D eigenvalue weighted by Gasteiger charge is -1.99. The third-order valence-electron chi connectivity index (χ3n) is 4.48. The van der Waals surface area contributed by atoms with Crippen LogP contribution in [-0.4, -0.2) is 21.1 Å². The second-order valence-electron chi connectivity index (χ2n) is 6.61. The number of halogens is 1. The molecule has 0 aliphatic carbocycles. The van der Waals surface area contributed by atoms with Gasteiger partial charge >= 0.3 is 0 Å². The van der Waals surface area contributed by atoms with Gasteiger partial charge in [0.15, 0.2) is 4.34 Å². The van der Waals surface area contributed by atoms with Gasteiger partial charge in [-0.25, -0.2) is 4.98 Å². The molecule has 1 aromatic carbocycles. The van der Waals surface area contributed by atoms with Crippen LogP contribution in [0, 0.1) is 0 Å². The number of nitrogens with one attached hydrogen (secondary N) is 1. The highest BCUT2D eigenvalue weighted by atomic mass is 35.5. The summed E-state index contributed by atoms with van der Waals surface area (Å²) in [7, 11) is 0. The van der Waals surface area contributed by atoms with Crippen molar-refractivity contribution in [1.29, 1.82) is 0 Å². The molecule has 160 valence electrons. The summed E-state index contributed by atoms with van der Waals surface area (Å²) < 4.78 is 0.766. The molecule has 0 fully saturated rings. The number of thioether (sulfide) groups is 1. The van der Waals surface area contributed by atoms with Crippen LogP contribution in [0.15, 0.2) is 58.3 Å². The highest BCUT2D eigenvalue weighted by molar-refractivity contribution is 8.00. The molecular formula is C21H14ClN5OS4. The quantitative estimate of drug-likeness (QED) is 0.194. The number of nitrogen functional groups attached to an aromatic ring is 1. The van der Waals surface area contributed by atoms with Crippen molar-refractivity contribution in [2.75, 3.05) is 11.1 Å². The molecule has 0 atom stereocenters. The molecule has 5 rings (SSSR count). The molecule has 6 nitrogen and oxygen atoms in total. The van der Waals surface area contributed by atoms with E-state index < -0.39 is 0 Å². The van der Waals surface area contributed by atoms with Crippen LogP contribution in [0.3, 0.4) is 0 Å². The summed E-state index contributed by atoms with van der Waals surface area (Å²) in [4.78, 5) is 19.8. The van der Waals surface area contributed by atoms with Gasteiger partial charge in [0.25, 0.3) is 5.91 Å². The zero-order chi connectivity index (χ0) is 22.1. The number of carbonyl (C=O) groups excluding carboxylic acids is 1. The van der Waals surface area contributed by atoms with Crippen molar-refractivity contribution >= 4 is 84.3 Å². The van der Waals surface area contributed by atoms with E-state index >= 15 is 0 Å². The lowest BCUT2D eigenvalue weighted by atomic mass is 10.2. The minimum atomic E-state index is -0.312. The second-order valence-corrected chi connectivity index (χ2v) is 11.2. The maximum Gasteiger partial charge on any atom is 0.269 e. The molecule has 5 aromatic rings. The zero-order valence-corrected chi connectivity index (χ0v) is 20.3. The summed E-state index contributed by atoms with van der Waals surface area (Å²) in [6.45, 7) is 0. The first-order valence-corrected chi connectivity index (χ1v) is 13.2. The molecular weight excluding hydrogens is 502 g/mol. The Balaban J connectivity index is 1.29. The minimum absolute atomic E-state index is 0.312. The first kappa shape index (κ1) is 21.4. The van der Waals surface area contributed by atoms with Crippen molar-refractivity contribution in [2.24, 2.45) is 0 Å². The van der Waals surface area contributed by atoms with Crippen LogP contribution in [0.5, 0.6) is 0 Å². The number of hydrogen-bond donors (Lipinski definition) is 2. The molecule has 0 saturated carbocycles. The lowest BCUT2D eigenvalue weighted by molar-refractivity contribution is 0.103. The van der Waals surface area contributed by atoms with E-state index in [1.165, 1.54) is 22.7 Å². The largest absolute Gasteiger partial charge is 0.397 e. The molecule has 0 aliphatic heterocycles. The number of aromatic nitrogens is 3. The van der Waals surface area contributed by atoms with Crippen LogP contribution in [0.1, 0.15) is 15.2 Å². The Kier molecular flexibility index (Phi) is 6.11. The van der Waals surface area contributed by atoms with Crippen LogP contribution in [0.2, 0.25) is 5.02 Å². The van der Waals surface area contributed by atoms with E-state index in [1.807, 2.05) is 53.9 Å². The van der Waals surface area contributed by atoms with Crippen LogP contribution in [0.4, 0.5) is 10.8 Å². The maximum atomic E-state index is 12.9. The summed E-state index contributed by atoms with van der Waals surface area (Å²) in [5.74, 6) is 0.426. The molecule has 0 aliphatic rings. The van der Waals surface area contributed by atoms with Gasteiger partial charge in [-0.3, -0.25) is 10.1 Å². The van der Waals surface area contributed by atoms with E-state index in [4.69, 9.17) is 17.3 Å². The van der Waals surface area contributed by atoms with E-state index in [0.29, 0.717) is 20.7 Å². The zero-order valence-electron chi connectivity index (χ0n) is 16.2. The first-order valence-electron chi connectivity index (χ1n) is 9.32. The normalized spacial score (nSPS) is 11.2. The maximum absolute atomic E-state index is 12.9. The predicted octanol–water partition coefficient (Wildman–Crippen LogP) is 6.66. The Bertz CT molecular complexity index is 1400. The summed E-state index contributed by atoms with van der Waals surface area (Å²) in [5, 5.41) is 15.0. The summed E-state index contributed by atoms with van der Waals surface area (Å²) in [5.41, 5.74) is 8.68. The highest BCUT2D eigenvalue weighted by Gasteiger charge is 2.19. The highest BCUT2D eigenvalue weighted by Crippen LogP contribution is 2.36. The number of thiophene rings is 2. The SMILES string of the molecule is Nc1c(C(=O)Nc2nnc(SCc3ccc(Cl)cc3)s2)sc2nc(-c3cccs3)ccc12. The van der Waals surface area contributed by atoms with Crippen molar-refractivity contribution in [3.8, 4) is 10.6 Å². The smallest absolute Gasteiger partial charge is 0.269 e. The number of rotatable bonds is 6. The van der Waals surface area contributed by atoms with Crippen LogP contribution in [-0.2, 0) is 5.75 Å². The minimum Gasteiger partial charge on any atom is -0.397 e. The van der Waals surface area contributed by atoms with Gasteiger partial charge in [0.2, 0.25) is 5.13 Å². The first-order chi connectivity index (χ1) is 15.6. The molecule has 0 spiro atoms. The molecule has 4 aromatic heterocycles.